The Hall–Kier alpha value is -2.18. The highest BCUT2D eigenvalue weighted by molar-refractivity contribution is 7.24. The molecule has 0 amide bonds. The van der Waals surface area contributed by atoms with Gasteiger partial charge in [0.1, 0.15) is 4.83 Å². The third-order valence-electron chi connectivity index (χ3n) is 3.50. The summed E-state index contributed by atoms with van der Waals surface area (Å²) in [5.41, 5.74) is 7.50. The quantitative estimate of drug-likeness (QED) is 0.571. The Morgan fingerprint density at radius 2 is 2.14 bits per heavy atom. The molecule has 0 aliphatic heterocycles. The van der Waals surface area contributed by atoms with Crippen molar-refractivity contribution in [3.05, 3.63) is 40.7 Å². The molecule has 6 heteroatoms. The number of anilines is 2. The van der Waals surface area contributed by atoms with E-state index in [-0.39, 0.29) is 5.43 Å². The van der Waals surface area contributed by atoms with E-state index in [9.17, 15) is 4.79 Å². The Morgan fingerprint density at radius 3 is 2.91 bits per heavy atom. The lowest BCUT2D eigenvalue weighted by molar-refractivity contribution is 0.425. The highest BCUT2D eigenvalue weighted by Crippen LogP contribution is 2.32. The predicted octanol–water partition coefficient (Wildman–Crippen LogP) is 2.37. The summed E-state index contributed by atoms with van der Waals surface area (Å²) in [6.07, 6.45) is 1.69. The monoisotopic (exact) mass is 314 g/mol. The summed E-state index contributed by atoms with van der Waals surface area (Å²) >= 11 is 1.46. The normalized spacial score (nSPS) is 11.4. The van der Waals surface area contributed by atoms with Gasteiger partial charge in [-0.1, -0.05) is 0 Å². The molecular formula is C16H18N4OS. The summed E-state index contributed by atoms with van der Waals surface area (Å²) in [6.45, 7) is 1.65. The fourth-order valence-electron chi connectivity index (χ4n) is 2.37. The van der Waals surface area contributed by atoms with Crippen LogP contribution in [0, 0.1) is 0 Å². The maximum atomic E-state index is 12.8. The van der Waals surface area contributed by atoms with Gasteiger partial charge in [-0.3, -0.25) is 4.79 Å². The molecule has 0 spiro atoms. The van der Waals surface area contributed by atoms with Crippen molar-refractivity contribution in [1.29, 1.82) is 0 Å². The third-order valence-corrected chi connectivity index (χ3v) is 4.67. The van der Waals surface area contributed by atoms with Gasteiger partial charge in [-0.2, -0.15) is 0 Å². The number of hydrogen-bond acceptors (Lipinski definition) is 6. The van der Waals surface area contributed by atoms with Crippen molar-refractivity contribution in [1.82, 2.24) is 9.88 Å². The molecule has 114 valence electrons. The molecular weight excluding hydrogens is 296 g/mol. The molecule has 5 nitrogen and oxygen atoms in total. The summed E-state index contributed by atoms with van der Waals surface area (Å²) in [5.74, 6) is 0. The number of benzene rings is 1. The second-order valence-electron chi connectivity index (χ2n) is 5.42. The maximum absolute atomic E-state index is 12.8. The summed E-state index contributed by atoms with van der Waals surface area (Å²) in [5, 5.41) is 4.64. The maximum Gasteiger partial charge on any atom is 0.199 e. The van der Waals surface area contributed by atoms with Gasteiger partial charge >= 0.3 is 0 Å². The van der Waals surface area contributed by atoms with Crippen LogP contribution < -0.4 is 16.5 Å². The molecule has 3 N–H and O–H groups in total. The van der Waals surface area contributed by atoms with Gasteiger partial charge in [-0.05, 0) is 38.4 Å². The number of rotatable bonds is 4. The smallest absolute Gasteiger partial charge is 0.199 e. The molecule has 0 radical (unpaired) electrons. The van der Waals surface area contributed by atoms with E-state index in [0.29, 0.717) is 16.5 Å². The van der Waals surface area contributed by atoms with E-state index >= 15 is 0 Å². The molecule has 2 aromatic heterocycles. The van der Waals surface area contributed by atoms with Crippen LogP contribution in [-0.2, 0) is 0 Å². The minimum Gasteiger partial charge on any atom is -0.398 e. The number of nitrogens with zero attached hydrogens (tertiary/aromatic N) is 2. The average molecular weight is 314 g/mol. The Bertz CT molecular complexity index is 888. The zero-order valence-corrected chi connectivity index (χ0v) is 13.4. The SMILES string of the molecule is CN(C)CCNc1ccc(N)c2sc3ncccc3c(=O)c12. The molecule has 3 aromatic rings. The highest BCUT2D eigenvalue weighted by atomic mass is 32.1. The van der Waals surface area contributed by atoms with Crippen LogP contribution in [0.15, 0.2) is 35.3 Å². The number of nitrogens with one attached hydrogen (secondary N) is 1. The molecule has 0 atom stereocenters. The van der Waals surface area contributed by atoms with Crippen molar-refractivity contribution in [3.8, 4) is 0 Å². The fourth-order valence-corrected chi connectivity index (χ4v) is 3.44. The van der Waals surface area contributed by atoms with Crippen molar-refractivity contribution >= 4 is 43.0 Å². The lowest BCUT2D eigenvalue weighted by Gasteiger charge is -2.13. The number of aromatic nitrogens is 1. The van der Waals surface area contributed by atoms with E-state index in [1.807, 2.05) is 32.3 Å². The molecule has 0 saturated carbocycles. The summed E-state index contributed by atoms with van der Waals surface area (Å²) in [6, 6.07) is 7.32. The topological polar surface area (TPSA) is 71.2 Å². The Labute approximate surface area is 132 Å². The van der Waals surface area contributed by atoms with E-state index < -0.39 is 0 Å². The molecule has 3 rings (SSSR count). The molecule has 0 bridgehead atoms. The Balaban J connectivity index is 2.19. The Morgan fingerprint density at radius 1 is 1.32 bits per heavy atom. The molecule has 0 aliphatic carbocycles. The van der Waals surface area contributed by atoms with Crippen LogP contribution in [0.1, 0.15) is 0 Å². The van der Waals surface area contributed by atoms with Crippen molar-refractivity contribution in [2.45, 2.75) is 0 Å². The number of likely N-dealkylation sites (N-methyl/N-ethyl adjacent to an activating group) is 1. The summed E-state index contributed by atoms with van der Waals surface area (Å²) < 4.78 is 0.797. The van der Waals surface area contributed by atoms with Gasteiger partial charge in [0.2, 0.25) is 0 Å². The third kappa shape index (κ3) is 2.63. The van der Waals surface area contributed by atoms with E-state index in [0.717, 1.165) is 28.3 Å². The minimum atomic E-state index is -0.0171. The lowest BCUT2D eigenvalue weighted by Crippen LogP contribution is -2.21. The lowest BCUT2D eigenvalue weighted by atomic mass is 10.1. The van der Waals surface area contributed by atoms with Gasteiger partial charge in [-0.15, -0.1) is 11.3 Å². The van der Waals surface area contributed by atoms with Crippen LogP contribution in [0.4, 0.5) is 11.4 Å². The van der Waals surface area contributed by atoms with Gasteiger partial charge in [0.05, 0.1) is 15.5 Å². The zero-order valence-electron chi connectivity index (χ0n) is 12.6. The fraction of sp³-hybridized carbons (Fsp3) is 0.250. The van der Waals surface area contributed by atoms with Crippen LogP contribution in [0.5, 0.6) is 0 Å². The van der Waals surface area contributed by atoms with Crippen molar-refractivity contribution in [2.75, 3.05) is 38.2 Å². The molecule has 22 heavy (non-hydrogen) atoms. The van der Waals surface area contributed by atoms with Gasteiger partial charge in [-0.25, -0.2) is 4.98 Å². The first-order chi connectivity index (χ1) is 10.6. The Kier molecular flexibility index (Phi) is 3.96. The van der Waals surface area contributed by atoms with E-state index in [2.05, 4.69) is 15.2 Å². The van der Waals surface area contributed by atoms with Crippen LogP contribution in [0.2, 0.25) is 0 Å². The van der Waals surface area contributed by atoms with Gasteiger partial charge in [0, 0.05) is 30.7 Å². The number of nitrogens with two attached hydrogens (primary N) is 1. The molecule has 0 unspecified atom stereocenters. The van der Waals surface area contributed by atoms with Crippen molar-refractivity contribution in [3.63, 3.8) is 0 Å². The van der Waals surface area contributed by atoms with E-state index in [1.165, 1.54) is 11.3 Å². The van der Waals surface area contributed by atoms with E-state index in [4.69, 9.17) is 5.73 Å². The second-order valence-corrected chi connectivity index (χ2v) is 6.42. The first-order valence-electron chi connectivity index (χ1n) is 7.06. The first kappa shape index (κ1) is 14.7. The van der Waals surface area contributed by atoms with Crippen molar-refractivity contribution in [2.24, 2.45) is 0 Å². The summed E-state index contributed by atoms with van der Waals surface area (Å²) in [7, 11) is 4.03. The van der Waals surface area contributed by atoms with Gasteiger partial charge in [0.15, 0.2) is 5.43 Å². The second kappa shape index (κ2) is 5.90. The number of pyridine rings is 1. The van der Waals surface area contributed by atoms with Gasteiger partial charge < -0.3 is 16.0 Å². The van der Waals surface area contributed by atoms with Crippen LogP contribution >= 0.6 is 11.3 Å². The van der Waals surface area contributed by atoms with Gasteiger partial charge in [0.25, 0.3) is 0 Å². The molecule has 0 fully saturated rings. The molecule has 2 heterocycles. The predicted molar refractivity (Wildman–Crippen MR) is 94.9 cm³/mol. The van der Waals surface area contributed by atoms with Crippen LogP contribution in [0.25, 0.3) is 20.3 Å². The number of nitrogen functional groups attached to an aromatic ring is 1. The van der Waals surface area contributed by atoms with Crippen LogP contribution in [0.3, 0.4) is 0 Å². The standard InChI is InChI=1S/C16H18N4OS/c1-20(2)9-8-18-12-6-5-11(17)15-13(12)14(21)10-4-3-7-19-16(10)22-15/h3-7,18H,8-9,17H2,1-2H3. The average Bonchev–Trinajstić information content (AvgIpc) is 2.50. The highest BCUT2D eigenvalue weighted by Gasteiger charge is 2.12. The largest absolute Gasteiger partial charge is 0.398 e. The first-order valence-corrected chi connectivity index (χ1v) is 7.88. The molecule has 0 aliphatic rings. The molecule has 1 aromatic carbocycles. The molecule has 0 saturated heterocycles. The minimum absolute atomic E-state index is 0.0171. The number of fused-ring (bicyclic) bond motifs is 2. The zero-order chi connectivity index (χ0) is 15.7. The number of hydrogen-bond donors (Lipinski definition) is 2. The van der Waals surface area contributed by atoms with E-state index in [1.54, 1.807) is 12.3 Å². The summed E-state index contributed by atoms with van der Waals surface area (Å²) in [4.78, 5) is 19.9. The van der Waals surface area contributed by atoms with Crippen LogP contribution in [-0.4, -0.2) is 37.1 Å². The van der Waals surface area contributed by atoms with Crippen molar-refractivity contribution < 1.29 is 0 Å².